The van der Waals surface area contributed by atoms with Crippen molar-refractivity contribution in [3.63, 3.8) is 0 Å². The molecule has 0 aliphatic carbocycles. The summed E-state index contributed by atoms with van der Waals surface area (Å²) in [6, 6.07) is 2.54. The molecule has 4 bridgehead atoms. The van der Waals surface area contributed by atoms with Crippen LogP contribution in [-0.4, -0.2) is 132 Å². The minimum absolute atomic E-state index is 0.115. The van der Waals surface area contributed by atoms with Crippen molar-refractivity contribution in [3.05, 3.63) is 15.9 Å². The third-order valence-electron chi connectivity index (χ3n) is 8.85. The lowest BCUT2D eigenvalue weighted by molar-refractivity contribution is 0.0728. The highest BCUT2D eigenvalue weighted by atomic mass is 35.5. The Hall–Kier alpha value is -1.91. The van der Waals surface area contributed by atoms with Gasteiger partial charge in [-0.25, -0.2) is 0 Å². The molecular weight excluding hydrogens is 647 g/mol. The van der Waals surface area contributed by atoms with Gasteiger partial charge in [0.15, 0.2) is 0 Å². The molecule has 0 amide bonds. The summed E-state index contributed by atoms with van der Waals surface area (Å²) < 4.78 is 21.7. The Morgan fingerprint density at radius 2 is 1.02 bits per heavy atom. The summed E-state index contributed by atoms with van der Waals surface area (Å²) in [5, 5.41) is 3.95. The van der Waals surface area contributed by atoms with Gasteiger partial charge in [0, 0.05) is 25.2 Å². The first-order valence-electron chi connectivity index (χ1n) is 15.7. The fourth-order valence-electron chi connectivity index (χ4n) is 6.54. The van der Waals surface area contributed by atoms with Crippen LogP contribution in [0.2, 0.25) is 15.9 Å². The van der Waals surface area contributed by atoms with E-state index >= 15 is 0 Å². The predicted octanol–water partition coefficient (Wildman–Crippen LogP) is 2.66. The van der Waals surface area contributed by atoms with Gasteiger partial charge in [-0.3, -0.25) is 0 Å². The molecule has 2 aromatic rings. The molecule has 6 aliphatic heterocycles. The van der Waals surface area contributed by atoms with Gasteiger partial charge in [0.1, 0.15) is 0 Å². The summed E-state index contributed by atoms with van der Waals surface area (Å²) in [7, 11) is 0. The summed E-state index contributed by atoms with van der Waals surface area (Å²) >= 11 is 17.6. The number of ether oxygens (including phenoxy) is 4. The zero-order valence-corrected chi connectivity index (χ0v) is 27.9. The van der Waals surface area contributed by atoms with Crippen LogP contribution in [0.1, 0.15) is 39.5 Å². The van der Waals surface area contributed by atoms with E-state index in [1.165, 1.54) is 12.8 Å². The van der Waals surface area contributed by atoms with Crippen LogP contribution in [0.25, 0.3) is 0 Å². The number of fused-ring (bicyclic) bond motifs is 4. The number of nitrogens with one attached hydrogen (secondary N) is 1. The van der Waals surface area contributed by atoms with Gasteiger partial charge in [-0.15, -0.1) is 0 Å². The van der Waals surface area contributed by atoms with E-state index in [2.05, 4.69) is 47.0 Å². The van der Waals surface area contributed by atoms with Crippen molar-refractivity contribution in [2.24, 2.45) is 0 Å². The van der Waals surface area contributed by atoms with E-state index in [0.29, 0.717) is 68.4 Å². The predicted molar refractivity (Wildman–Crippen MR) is 171 cm³/mol. The molecule has 4 unspecified atom stereocenters. The van der Waals surface area contributed by atoms with Crippen molar-refractivity contribution in [1.29, 1.82) is 0 Å². The molecule has 1 N–H and O–H groups in total. The summed E-state index contributed by atoms with van der Waals surface area (Å²) in [5.41, 5.74) is 0. The van der Waals surface area contributed by atoms with Crippen molar-refractivity contribution in [2.45, 2.75) is 75.8 Å². The normalized spacial score (nSPS) is 30.7. The average Bonchev–Trinajstić information content (AvgIpc) is 3.49. The van der Waals surface area contributed by atoms with E-state index in [4.69, 9.17) is 58.7 Å². The lowest BCUT2D eigenvalue weighted by atomic mass is 10.2. The number of aromatic nitrogens is 6. The molecule has 8 heterocycles. The monoisotopic (exact) mass is 686 g/mol. The highest BCUT2D eigenvalue weighted by Gasteiger charge is 2.39. The molecule has 8 rings (SSSR count). The molecule has 6 saturated heterocycles. The smallest absolute Gasteiger partial charge is 0.232 e. The Morgan fingerprint density at radius 3 is 1.53 bits per heavy atom. The number of hydrogen-bond acceptors (Lipinski definition) is 14. The van der Waals surface area contributed by atoms with Gasteiger partial charge in [-0.2, -0.15) is 29.9 Å². The summed E-state index contributed by atoms with van der Waals surface area (Å²) in [4.78, 5) is 31.6. The Bertz CT molecular complexity index is 1240. The number of morpholine rings is 4. The number of rotatable bonds is 3. The van der Waals surface area contributed by atoms with Crippen molar-refractivity contribution in [3.8, 4) is 0 Å². The third-order valence-corrected chi connectivity index (χ3v) is 9.35. The third kappa shape index (κ3) is 8.33. The second-order valence-electron chi connectivity index (χ2n) is 12.1. The van der Waals surface area contributed by atoms with E-state index in [1.807, 2.05) is 11.8 Å². The maximum absolute atomic E-state index is 6.17. The van der Waals surface area contributed by atoms with Crippen LogP contribution < -0.4 is 20.0 Å². The van der Waals surface area contributed by atoms with Crippen LogP contribution in [0.4, 0.5) is 17.8 Å². The molecule has 0 aromatic carbocycles. The SMILES string of the molecule is C1CC2COCC1N2.C[C@H]1COCCN1c1nc(Cl)nc(Cl)n1.C[C@H]1COCCN1c1nc(Cl)nc(N2C3CCC2COC3)n1. The van der Waals surface area contributed by atoms with Crippen LogP contribution in [0.3, 0.4) is 0 Å². The molecule has 6 atom stereocenters. The fraction of sp³-hybridized carbons (Fsp3) is 0.786. The van der Waals surface area contributed by atoms with Gasteiger partial charge in [0.25, 0.3) is 0 Å². The average molecular weight is 688 g/mol. The Morgan fingerprint density at radius 1 is 0.556 bits per heavy atom. The molecule has 14 nitrogen and oxygen atoms in total. The minimum atomic E-state index is 0.115. The lowest BCUT2D eigenvalue weighted by Crippen LogP contribution is -2.48. The second kappa shape index (κ2) is 15.3. The number of nitrogens with zero attached hydrogens (tertiary/aromatic N) is 9. The highest BCUT2D eigenvalue weighted by Crippen LogP contribution is 2.33. The molecule has 6 fully saturated rings. The molecule has 45 heavy (non-hydrogen) atoms. The fourth-order valence-corrected chi connectivity index (χ4v) is 7.05. The molecule has 6 aliphatic rings. The first-order chi connectivity index (χ1) is 21.8. The number of hydrogen-bond donors (Lipinski definition) is 1. The van der Waals surface area contributed by atoms with E-state index in [1.54, 1.807) is 0 Å². The molecular formula is C28H41Cl3N10O4. The zero-order valence-electron chi connectivity index (χ0n) is 25.7. The van der Waals surface area contributed by atoms with Crippen molar-refractivity contribution < 1.29 is 18.9 Å². The van der Waals surface area contributed by atoms with Crippen molar-refractivity contribution in [1.82, 2.24) is 35.2 Å². The van der Waals surface area contributed by atoms with Crippen LogP contribution in [-0.2, 0) is 18.9 Å². The molecule has 0 saturated carbocycles. The van der Waals surface area contributed by atoms with Crippen LogP contribution in [0.15, 0.2) is 0 Å². The largest absolute Gasteiger partial charge is 0.378 e. The van der Waals surface area contributed by atoms with E-state index < -0.39 is 0 Å². The van der Waals surface area contributed by atoms with Crippen LogP contribution in [0.5, 0.6) is 0 Å². The van der Waals surface area contributed by atoms with Crippen molar-refractivity contribution in [2.75, 3.05) is 80.6 Å². The van der Waals surface area contributed by atoms with Crippen molar-refractivity contribution >= 4 is 52.6 Å². The maximum atomic E-state index is 6.17. The lowest BCUT2D eigenvalue weighted by Gasteiger charge is -2.36. The number of anilines is 3. The molecule has 248 valence electrons. The molecule has 0 radical (unpaired) electrons. The van der Waals surface area contributed by atoms with Crippen LogP contribution >= 0.6 is 34.8 Å². The topological polar surface area (TPSA) is 136 Å². The van der Waals surface area contributed by atoms with Gasteiger partial charge in [-0.1, -0.05) is 0 Å². The summed E-state index contributed by atoms with van der Waals surface area (Å²) in [6.45, 7) is 11.7. The zero-order chi connectivity index (χ0) is 31.3. The Balaban J connectivity index is 0.000000133. The maximum Gasteiger partial charge on any atom is 0.232 e. The quantitative estimate of drug-likeness (QED) is 0.506. The Labute approximate surface area is 278 Å². The molecule has 2 aromatic heterocycles. The van der Waals surface area contributed by atoms with E-state index in [-0.39, 0.29) is 27.9 Å². The van der Waals surface area contributed by atoms with Gasteiger partial charge in [0.2, 0.25) is 33.7 Å². The Kier molecular flexibility index (Phi) is 11.2. The summed E-state index contributed by atoms with van der Waals surface area (Å²) in [6.07, 6.45) is 4.89. The van der Waals surface area contributed by atoms with Gasteiger partial charge < -0.3 is 39.0 Å². The van der Waals surface area contributed by atoms with E-state index in [0.717, 1.165) is 52.4 Å². The van der Waals surface area contributed by atoms with Gasteiger partial charge in [0.05, 0.1) is 77.0 Å². The van der Waals surface area contributed by atoms with Gasteiger partial charge >= 0.3 is 0 Å². The number of halogens is 3. The van der Waals surface area contributed by atoms with E-state index in [9.17, 15) is 0 Å². The first-order valence-corrected chi connectivity index (χ1v) is 16.8. The first kappa shape index (κ1) is 33.0. The molecule has 0 spiro atoms. The second-order valence-corrected chi connectivity index (χ2v) is 13.1. The van der Waals surface area contributed by atoms with Crippen LogP contribution in [0, 0.1) is 0 Å². The highest BCUT2D eigenvalue weighted by molar-refractivity contribution is 6.31. The summed E-state index contributed by atoms with van der Waals surface area (Å²) in [5.74, 6) is 1.84. The standard InChI is InChI=1S/C14H20ClN5O2.C8H10Cl2N4O.C6H11NO/c1-9-6-21-5-4-19(9)13-16-12(15)17-14(18-13)20-10-2-3-11(20)8-22-7-10;1-5-4-15-3-2-14(5)8-12-6(9)11-7(10)13-8;1-2-6-4-8-3-5(1)7-6/h9-11H,2-8H2,1H3;5H,2-4H2,1H3;5-7H,1-4H2/t9-,10?,11?;5-;/m00./s1. The van der Waals surface area contributed by atoms with Gasteiger partial charge in [-0.05, 0) is 74.3 Å². The minimum Gasteiger partial charge on any atom is -0.378 e. The molecule has 17 heteroatoms.